The van der Waals surface area contributed by atoms with Gasteiger partial charge in [-0.1, -0.05) is 0 Å². The van der Waals surface area contributed by atoms with Crippen LogP contribution in [0.2, 0.25) is 0 Å². The minimum Gasteiger partial charge on any atom is -0.389 e. The molecule has 3 atom stereocenters. The molecule has 0 aromatic rings. The van der Waals surface area contributed by atoms with Gasteiger partial charge in [-0.05, 0) is 20.8 Å². The van der Waals surface area contributed by atoms with Gasteiger partial charge in [-0.15, -0.1) is 0 Å². The second kappa shape index (κ2) is 7.15. The van der Waals surface area contributed by atoms with Gasteiger partial charge in [0.1, 0.15) is 0 Å². The molecule has 0 aromatic carbocycles. The van der Waals surface area contributed by atoms with E-state index in [0.29, 0.717) is 26.1 Å². The van der Waals surface area contributed by atoms with E-state index in [-0.39, 0.29) is 18.8 Å². The molecule has 1 rings (SSSR count). The first-order valence-corrected chi connectivity index (χ1v) is 8.22. The first-order chi connectivity index (χ1) is 9.16. The average molecular weight is 310 g/mol. The van der Waals surface area contributed by atoms with Gasteiger partial charge in [-0.25, -0.2) is 0 Å². The Morgan fingerprint density at radius 3 is 2.45 bits per heavy atom. The molecule has 1 aliphatic rings. The molecule has 7 nitrogen and oxygen atoms in total. The summed E-state index contributed by atoms with van der Waals surface area (Å²) in [5, 5.41) is 10.1. The normalized spacial score (nSPS) is 28.2. The Bertz CT molecular complexity index is 389. The lowest BCUT2D eigenvalue weighted by Crippen LogP contribution is -2.54. The van der Waals surface area contributed by atoms with Gasteiger partial charge in [0, 0.05) is 39.8 Å². The van der Waals surface area contributed by atoms with Crippen LogP contribution in [0.5, 0.6) is 0 Å². The van der Waals surface area contributed by atoms with Crippen molar-refractivity contribution in [2.45, 2.75) is 45.0 Å². The monoisotopic (exact) mass is 310 g/mol. The van der Waals surface area contributed by atoms with E-state index in [0.717, 1.165) is 0 Å². The van der Waals surface area contributed by atoms with Crippen LogP contribution in [0.3, 0.4) is 0 Å². The van der Waals surface area contributed by atoms with E-state index in [2.05, 4.69) is 4.72 Å². The zero-order chi connectivity index (χ0) is 15.4. The van der Waals surface area contributed by atoms with Crippen molar-refractivity contribution >= 4 is 10.2 Å². The number of ether oxygens (including phenoxy) is 2. The summed E-state index contributed by atoms with van der Waals surface area (Å²) in [6.45, 7) is 6.23. The Morgan fingerprint density at radius 2 is 1.95 bits per heavy atom. The van der Waals surface area contributed by atoms with Gasteiger partial charge in [0.2, 0.25) is 0 Å². The van der Waals surface area contributed by atoms with Crippen LogP contribution in [0.4, 0.5) is 0 Å². The SMILES string of the molecule is COCCC(C)(O)CNS(=O)(=O)N1CC(C)OC(C)C1. The smallest absolute Gasteiger partial charge is 0.279 e. The maximum Gasteiger partial charge on any atom is 0.279 e. The topological polar surface area (TPSA) is 88.1 Å². The Morgan fingerprint density at radius 1 is 1.40 bits per heavy atom. The highest BCUT2D eigenvalue weighted by atomic mass is 32.2. The number of morpholine rings is 1. The zero-order valence-corrected chi connectivity index (χ0v) is 13.4. The van der Waals surface area contributed by atoms with Crippen LogP contribution in [-0.4, -0.2) is 69.0 Å². The maximum atomic E-state index is 12.2. The summed E-state index contributed by atoms with van der Waals surface area (Å²) in [6, 6.07) is 0. The van der Waals surface area contributed by atoms with E-state index in [1.54, 1.807) is 6.92 Å². The largest absolute Gasteiger partial charge is 0.389 e. The van der Waals surface area contributed by atoms with Crippen LogP contribution in [0, 0.1) is 0 Å². The minimum atomic E-state index is -3.60. The number of aliphatic hydroxyl groups is 1. The van der Waals surface area contributed by atoms with Crippen molar-refractivity contribution in [3.05, 3.63) is 0 Å². The average Bonchev–Trinajstić information content (AvgIpc) is 2.33. The van der Waals surface area contributed by atoms with E-state index >= 15 is 0 Å². The van der Waals surface area contributed by atoms with Crippen molar-refractivity contribution < 1.29 is 23.0 Å². The Labute approximate surface area is 121 Å². The zero-order valence-electron chi connectivity index (χ0n) is 12.6. The van der Waals surface area contributed by atoms with Gasteiger partial charge in [-0.2, -0.15) is 17.4 Å². The van der Waals surface area contributed by atoms with Crippen LogP contribution in [-0.2, 0) is 19.7 Å². The molecular formula is C12H26N2O5S. The lowest BCUT2D eigenvalue weighted by atomic mass is 10.0. The Hall–Kier alpha value is -0.250. The molecule has 0 bridgehead atoms. The summed E-state index contributed by atoms with van der Waals surface area (Å²) >= 11 is 0. The number of hydrogen-bond donors (Lipinski definition) is 2. The summed E-state index contributed by atoms with van der Waals surface area (Å²) in [6.07, 6.45) is 0.0933. The third kappa shape index (κ3) is 5.63. The van der Waals surface area contributed by atoms with Crippen molar-refractivity contribution in [1.82, 2.24) is 9.03 Å². The summed E-state index contributed by atoms with van der Waals surface area (Å²) < 4.78 is 38.6. The molecule has 1 fully saturated rings. The minimum absolute atomic E-state index is 0.0428. The van der Waals surface area contributed by atoms with E-state index in [1.807, 2.05) is 13.8 Å². The Balaban J connectivity index is 2.56. The first-order valence-electron chi connectivity index (χ1n) is 6.78. The van der Waals surface area contributed by atoms with Crippen LogP contribution in [0.15, 0.2) is 0 Å². The maximum absolute atomic E-state index is 12.2. The van der Waals surface area contributed by atoms with Crippen LogP contribution >= 0.6 is 0 Å². The van der Waals surface area contributed by atoms with E-state index in [1.165, 1.54) is 11.4 Å². The van der Waals surface area contributed by atoms with Crippen molar-refractivity contribution in [3.63, 3.8) is 0 Å². The number of nitrogens with one attached hydrogen (secondary N) is 1. The lowest BCUT2D eigenvalue weighted by molar-refractivity contribution is -0.0446. The molecule has 1 heterocycles. The van der Waals surface area contributed by atoms with Crippen molar-refractivity contribution in [2.75, 3.05) is 33.4 Å². The highest BCUT2D eigenvalue weighted by molar-refractivity contribution is 7.87. The summed E-state index contributed by atoms with van der Waals surface area (Å²) in [5.41, 5.74) is -1.13. The highest BCUT2D eigenvalue weighted by Gasteiger charge is 2.32. The standard InChI is InChI=1S/C12H26N2O5S/c1-10-7-14(8-11(2)19-10)20(16,17)13-9-12(3,15)5-6-18-4/h10-11,13,15H,5-9H2,1-4H3. The van der Waals surface area contributed by atoms with E-state index in [9.17, 15) is 13.5 Å². The number of hydrogen-bond acceptors (Lipinski definition) is 5. The molecule has 0 amide bonds. The van der Waals surface area contributed by atoms with Crippen LogP contribution in [0.25, 0.3) is 0 Å². The predicted octanol–water partition coefficient (Wildman–Crippen LogP) is -0.282. The van der Waals surface area contributed by atoms with Gasteiger partial charge < -0.3 is 14.6 Å². The van der Waals surface area contributed by atoms with Gasteiger partial charge >= 0.3 is 0 Å². The van der Waals surface area contributed by atoms with Gasteiger partial charge in [0.25, 0.3) is 10.2 Å². The molecule has 0 aliphatic carbocycles. The molecule has 120 valence electrons. The molecule has 3 unspecified atom stereocenters. The molecule has 1 saturated heterocycles. The second-order valence-electron chi connectivity index (χ2n) is 5.64. The van der Waals surface area contributed by atoms with E-state index < -0.39 is 15.8 Å². The summed E-state index contributed by atoms with van der Waals surface area (Å²) in [7, 11) is -2.07. The lowest BCUT2D eigenvalue weighted by Gasteiger charge is -2.35. The molecule has 8 heteroatoms. The van der Waals surface area contributed by atoms with E-state index in [4.69, 9.17) is 9.47 Å². The Kier molecular flexibility index (Phi) is 6.36. The summed E-state index contributed by atoms with van der Waals surface area (Å²) in [4.78, 5) is 0. The number of rotatable bonds is 7. The van der Waals surface area contributed by atoms with Crippen LogP contribution < -0.4 is 4.72 Å². The molecular weight excluding hydrogens is 284 g/mol. The number of methoxy groups -OCH3 is 1. The van der Waals surface area contributed by atoms with Crippen molar-refractivity contribution in [1.29, 1.82) is 0 Å². The molecule has 20 heavy (non-hydrogen) atoms. The van der Waals surface area contributed by atoms with Crippen molar-refractivity contribution in [2.24, 2.45) is 0 Å². The molecule has 2 N–H and O–H groups in total. The quantitative estimate of drug-likeness (QED) is 0.675. The molecule has 0 saturated carbocycles. The fourth-order valence-corrected chi connectivity index (χ4v) is 3.56. The second-order valence-corrected chi connectivity index (χ2v) is 7.40. The fourth-order valence-electron chi connectivity index (χ4n) is 2.08. The van der Waals surface area contributed by atoms with Gasteiger partial charge in [-0.3, -0.25) is 0 Å². The van der Waals surface area contributed by atoms with Crippen molar-refractivity contribution in [3.8, 4) is 0 Å². The molecule has 0 spiro atoms. The highest BCUT2D eigenvalue weighted by Crippen LogP contribution is 2.14. The van der Waals surface area contributed by atoms with Gasteiger partial charge in [0.15, 0.2) is 0 Å². The summed E-state index contributed by atoms with van der Waals surface area (Å²) in [5.74, 6) is 0. The first kappa shape index (κ1) is 17.8. The third-order valence-electron chi connectivity index (χ3n) is 3.21. The number of nitrogens with zero attached hydrogens (tertiary/aromatic N) is 1. The molecule has 0 radical (unpaired) electrons. The predicted molar refractivity (Wildman–Crippen MR) is 75.6 cm³/mol. The van der Waals surface area contributed by atoms with Crippen LogP contribution in [0.1, 0.15) is 27.2 Å². The molecule has 1 aliphatic heterocycles. The van der Waals surface area contributed by atoms with Gasteiger partial charge in [0.05, 0.1) is 17.8 Å². The third-order valence-corrected chi connectivity index (χ3v) is 4.69. The fraction of sp³-hybridized carbons (Fsp3) is 1.00. The molecule has 0 aromatic heterocycles.